The molecule has 0 bridgehead atoms. The van der Waals surface area contributed by atoms with E-state index >= 15 is 0 Å². The first-order valence-electron chi connectivity index (χ1n) is 20.6. The highest BCUT2D eigenvalue weighted by atomic mass is 16.4. The first-order chi connectivity index (χ1) is 29.4. The number of Topliss-reactive ketones (excluding diaryl/α,β-unsaturated/α-hetero) is 2. The third-order valence-electron chi connectivity index (χ3n) is 11.4. The summed E-state index contributed by atoms with van der Waals surface area (Å²) in [6, 6.07) is 13.6. The normalized spacial score (nSPS) is 14.7. The van der Waals surface area contributed by atoms with Gasteiger partial charge in [-0.2, -0.15) is 0 Å². The van der Waals surface area contributed by atoms with Crippen LogP contribution in [0.25, 0.3) is 21.7 Å². The van der Waals surface area contributed by atoms with E-state index in [2.05, 4.69) is 37.8 Å². The number of aryl methyl sites for hydroxylation is 1. The quantitative estimate of drug-likeness (QED) is 0.0334. The molecule has 4 aromatic rings. The summed E-state index contributed by atoms with van der Waals surface area (Å²) >= 11 is 0. The fourth-order valence-corrected chi connectivity index (χ4v) is 8.27. The lowest BCUT2D eigenvalue weighted by Gasteiger charge is -2.32. The zero-order valence-electron chi connectivity index (χ0n) is 36.0. The monoisotopic (exact) mass is 843 g/mol. The second kappa shape index (κ2) is 18.4. The number of benzene rings is 3. The number of nitrogens with one attached hydrogen (secondary N) is 5. The number of carbonyl (C=O) groups excluding carboxylic acids is 5. The minimum Gasteiger partial charge on any atom is -0.480 e. The Morgan fingerprint density at radius 1 is 0.887 bits per heavy atom. The molecule has 0 radical (unpaired) electrons. The molecular weight excluding hydrogens is 791 g/mol. The van der Waals surface area contributed by atoms with Crippen LogP contribution in [0.4, 0.5) is 5.69 Å². The second-order valence-electron chi connectivity index (χ2n) is 16.8. The summed E-state index contributed by atoms with van der Waals surface area (Å²) in [6.45, 7) is 15.2. The van der Waals surface area contributed by atoms with Crippen LogP contribution in [-0.2, 0) is 37.1 Å². The van der Waals surface area contributed by atoms with Gasteiger partial charge in [0.1, 0.15) is 11.9 Å². The van der Waals surface area contributed by atoms with E-state index in [-0.39, 0.29) is 73.2 Å². The van der Waals surface area contributed by atoms with E-state index in [1.165, 1.54) is 4.90 Å². The van der Waals surface area contributed by atoms with Crippen molar-refractivity contribution < 1.29 is 33.9 Å². The van der Waals surface area contributed by atoms with E-state index in [4.69, 9.17) is 0 Å². The highest BCUT2D eigenvalue weighted by Gasteiger charge is 2.40. The van der Waals surface area contributed by atoms with Crippen LogP contribution in [0.5, 0.6) is 0 Å². The van der Waals surface area contributed by atoms with Crippen molar-refractivity contribution in [3.05, 3.63) is 116 Å². The van der Waals surface area contributed by atoms with Crippen molar-refractivity contribution in [1.29, 1.82) is 0 Å². The van der Waals surface area contributed by atoms with Gasteiger partial charge in [-0.05, 0) is 92.8 Å². The third-order valence-corrected chi connectivity index (χ3v) is 11.4. The lowest BCUT2D eigenvalue weighted by atomic mass is 9.72. The number of carbonyl (C=O) groups is 6. The summed E-state index contributed by atoms with van der Waals surface area (Å²) in [5.74, 6) is -2.52. The number of aromatic nitrogens is 2. The van der Waals surface area contributed by atoms with Gasteiger partial charge in [-0.25, -0.2) is 9.78 Å². The summed E-state index contributed by atoms with van der Waals surface area (Å²) in [5, 5.41) is 24.2. The Labute approximate surface area is 359 Å². The number of hydrogen-bond donors (Lipinski definition) is 6. The number of H-pyrrole nitrogens is 1. The Hall–Kier alpha value is -6.90. The highest BCUT2D eigenvalue weighted by Crippen LogP contribution is 2.38. The number of fused-ring (bicyclic) bond motifs is 4. The van der Waals surface area contributed by atoms with Crippen LogP contribution in [0.1, 0.15) is 87.6 Å². The molecule has 15 nitrogen and oxygen atoms in total. The summed E-state index contributed by atoms with van der Waals surface area (Å²) < 4.78 is 0. The smallest absolute Gasteiger partial charge is 0.326 e. The average molecular weight is 844 g/mol. The van der Waals surface area contributed by atoms with Crippen LogP contribution in [0.2, 0.25) is 0 Å². The van der Waals surface area contributed by atoms with E-state index < -0.39 is 29.2 Å². The van der Waals surface area contributed by atoms with Gasteiger partial charge in [0.05, 0.1) is 16.6 Å². The molecule has 6 rings (SSSR count). The number of ketones is 2. The number of nitrogens with zero attached hydrogens (tertiary/aromatic N) is 2. The number of rotatable bonds is 18. The number of aliphatic carboxylic acids is 1. The van der Waals surface area contributed by atoms with Gasteiger partial charge in [-0.15, -0.1) is 6.58 Å². The Morgan fingerprint density at radius 2 is 1.60 bits per heavy atom. The van der Waals surface area contributed by atoms with Crippen molar-refractivity contribution in [2.75, 3.05) is 25.0 Å². The molecule has 1 unspecified atom stereocenters. The molecule has 3 amide bonds. The Kier molecular flexibility index (Phi) is 13.2. The van der Waals surface area contributed by atoms with Gasteiger partial charge in [-0.1, -0.05) is 37.6 Å². The SMILES string of the molecule is C=C(C)CCNC1=C(C)C(=O)C(C)=C(C(C)(C)CC(=O)NCCNC(=O)CCC(C(=O)O)N2Cc3cc(NCc4ccc5ccc6nc(C)[nH]c(=O)c6c5c4)ccc3C2=O)C1=O. The van der Waals surface area contributed by atoms with Crippen LogP contribution >= 0.6 is 0 Å². The van der Waals surface area contributed by atoms with E-state index in [0.717, 1.165) is 27.6 Å². The molecule has 1 aliphatic heterocycles. The van der Waals surface area contributed by atoms with Gasteiger partial charge in [0.25, 0.3) is 11.5 Å². The molecule has 2 heterocycles. The molecule has 15 heteroatoms. The van der Waals surface area contributed by atoms with Crippen LogP contribution in [0.15, 0.2) is 87.9 Å². The molecular formula is C47H53N7O8. The third kappa shape index (κ3) is 9.67. The summed E-state index contributed by atoms with van der Waals surface area (Å²) in [7, 11) is 0. The van der Waals surface area contributed by atoms with Crippen LogP contribution in [0.3, 0.4) is 0 Å². The molecule has 62 heavy (non-hydrogen) atoms. The molecule has 1 aromatic heterocycles. The van der Waals surface area contributed by atoms with E-state index in [0.29, 0.717) is 58.5 Å². The lowest BCUT2D eigenvalue weighted by molar-refractivity contribution is -0.143. The topological polar surface area (TPSA) is 220 Å². The van der Waals surface area contributed by atoms with Crippen LogP contribution in [-0.4, -0.2) is 80.9 Å². The number of aromatic amines is 1. The van der Waals surface area contributed by atoms with Crippen molar-refractivity contribution in [3.8, 4) is 0 Å². The molecule has 2 aliphatic rings. The average Bonchev–Trinajstić information content (AvgIpc) is 3.52. The summed E-state index contributed by atoms with van der Waals surface area (Å²) in [5.41, 5.74) is 4.20. The van der Waals surface area contributed by atoms with Gasteiger partial charge in [-0.3, -0.25) is 28.8 Å². The van der Waals surface area contributed by atoms with Crippen molar-refractivity contribution in [2.45, 2.75) is 86.4 Å². The minimum absolute atomic E-state index is 0.0563. The largest absolute Gasteiger partial charge is 0.480 e. The molecule has 1 aliphatic carbocycles. The van der Waals surface area contributed by atoms with E-state index in [9.17, 15) is 38.7 Å². The van der Waals surface area contributed by atoms with Gasteiger partial charge in [0.15, 0.2) is 5.78 Å². The van der Waals surface area contributed by atoms with Crippen molar-refractivity contribution in [3.63, 3.8) is 0 Å². The maximum absolute atomic E-state index is 13.6. The predicted molar refractivity (Wildman–Crippen MR) is 236 cm³/mol. The zero-order chi connectivity index (χ0) is 45.0. The number of carboxylic acid groups (broad SMARTS) is 1. The first-order valence-corrected chi connectivity index (χ1v) is 20.6. The Morgan fingerprint density at radius 3 is 2.31 bits per heavy atom. The number of carboxylic acids is 1. The fourth-order valence-electron chi connectivity index (χ4n) is 8.27. The Balaban J connectivity index is 0.979. The molecule has 0 fully saturated rings. The van der Waals surface area contributed by atoms with Crippen molar-refractivity contribution in [2.24, 2.45) is 5.41 Å². The second-order valence-corrected chi connectivity index (χ2v) is 16.8. The predicted octanol–water partition coefficient (Wildman–Crippen LogP) is 5.13. The van der Waals surface area contributed by atoms with Gasteiger partial charge in [0.2, 0.25) is 17.6 Å². The van der Waals surface area contributed by atoms with Gasteiger partial charge < -0.3 is 36.3 Å². The summed E-state index contributed by atoms with van der Waals surface area (Å²) in [4.78, 5) is 99.6. The summed E-state index contributed by atoms with van der Waals surface area (Å²) in [6.07, 6.45) is 0.245. The van der Waals surface area contributed by atoms with E-state index in [1.807, 2.05) is 43.3 Å². The highest BCUT2D eigenvalue weighted by molar-refractivity contribution is 6.25. The Bertz CT molecular complexity index is 2670. The van der Waals surface area contributed by atoms with Gasteiger partial charge >= 0.3 is 5.97 Å². The maximum atomic E-state index is 13.6. The van der Waals surface area contributed by atoms with Crippen molar-refractivity contribution in [1.82, 2.24) is 30.8 Å². The number of hydrogen-bond acceptors (Lipinski definition) is 10. The number of allylic oxidation sites excluding steroid dienone is 3. The van der Waals surface area contributed by atoms with Crippen LogP contribution in [0, 0.1) is 12.3 Å². The number of amides is 3. The first kappa shape index (κ1) is 44.6. The standard InChI is InChI=1S/C47H53N7O8/c1-25(2)16-17-50-41-27(4)42(57)26(3)40(43(41)58)47(6,7)22-38(56)49-19-18-48-37(55)15-14-36(46(61)62)54-24-31-21-32(11-12-33(31)45(54)60)51-23-29-8-9-30-10-13-35-39(34(30)20-29)44(59)53-28(5)52-35/h8-13,20-21,36,50-51H,1,14-19,22-24H2,2-7H3,(H,48,55)(H,49,56)(H,61,62)(H,52,53,59). The molecule has 324 valence electrons. The zero-order valence-corrected chi connectivity index (χ0v) is 36.0. The van der Waals surface area contributed by atoms with Crippen LogP contribution < -0.4 is 26.8 Å². The maximum Gasteiger partial charge on any atom is 0.326 e. The molecule has 0 saturated carbocycles. The minimum atomic E-state index is -1.25. The lowest BCUT2D eigenvalue weighted by Crippen LogP contribution is -2.42. The molecule has 0 saturated heterocycles. The number of anilines is 1. The fraction of sp³-hybridized carbons (Fsp3) is 0.362. The molecule has 1 atom stereocenters. The molecule has 3 aromatic carbocycles. The van der Waals surface area contributed by atoms with Crippen molar-refractivity contribution >= 4 is 62.6 Å². The van der Waals surface area contributed by atoms with Gasteiger partial charge in [0, 0.05) is 79.0 Å². The molecule has 0 spiro atoms. The van der Waals surface area contributed by atoms with E-state index in [1.54, 1.807) is 46.8 Å². The molecule has 6 N–H and O–H groups in total.